The van der Waals surface area contributed by atoms with Gasteiger partial charge in [-0.1, -0.05) is 30.3 Å². The Morgan fingerprint density at radius 2 is 1.69 bits per heavy atom. The van der Waals surface area contributed by atoms with Crippen LogP contribution >= 0.6 is 0 Å². The lowest BCUT2D eigenvalue weighted by atomic mass is 9.42. The molecule has 4 heteroatoms. The van der Waals surface area contributed by atoms with Crippen molar-refractivity contribution >= 4 is 5.91 Å². The fourth-order valence-corrected chi connectivity index (χ4v) is 6.73. The van der Waals surface area contributed by atoms with E-state index in [1.807, 2.05) is 4.90 Å². The standard InChI is InChI=1S/C22H29NO3/c1-26-19-12-23(13-19)20(24)11-22(16-5-3-2-4-6-16)17-7-14-8-18(22)10-15(9-17)21(14)25/h2-6,14-15,17-19,21,25H,7-13H2,1H3. The maximum atomic E-state index is 13.1. The molecular formula is C22H29NO3. The van der Waals surface area contributed by atoms with Crippen LogP contribution in [0.4, 0.5) is 0 Å². The maximum Gasteiger partial charge on any atom is 0.223 e. The molecule has 0 aromatic heterocycles. The van der Waals surface area contributed by atoms with Crippen LogP contribution in [0, 0.1) is 23.7 Å². The molecule has 1 saturated heterocycles. The molecule has 5 aliphatic rings. The van der Waals surface area contributed by atoms with Crippen LogP contribution in [0.1, 0.15) is 37.7 Å². The van der Waals surface area contributed by atoms with Gasteiger partial charge in [0, 0.05) is 32.0 Å². The van der Waals surface area contributed by atoms with Gasteiger partial charge in [0.1, 0.15) is 0 Å². The summed E-state index contributed by atoms with van der Waals surface area (Å²) < 4.78 is 5.35. The van der Waals surface area contributed by atoms with E-state index < -0.39 is 0 Å². The summed E-state index contributed by atoms with van der Waals surface area (Å²) in [5, 5.41) is 10.6. The highest BCUT2D eigenvalue weighted by molar-refractivity contribution is 5.79. The topological polar surface area (TPSA) is 49.8 Å². The number of aliphatic hydroxyl groups excluding tert-OH is 1. The Bertz CT molecular complexity index is 652. The number of carbonyl (C=O) groups is 1. The lowest BCUT2D eigenvalue weighted by Crippen LogP contribution is -2.62. The number of nitrogens with zero attached hydrogens (tertiary/aromatic N) is 1. The summed E-state index contributed by atoms with van der Waals surface area (Å²) in [4.78, 5) is 15.1. The molecule has 1 N–H and O–H groups in total. The summed E-state index contributed by atoms with van der Waals surface area (Å²) in [6.07, 6.45) is 5.05. The number of ether oxygens (including phenoxy) is 1. The van der Waals surface area contributed by atoms with Gasteiger partial charge in [0.15, 0.2) is 0 Å². The Hall–Kier alpha value is -1.39. The molecule has 0 radical (unpaired) electrons. The largest absolute Gasteiger partial charge is 0.393 e. The van der Waals surface area contributed by atoms with E-state index >= 15 is 0 Å². The van der Waals surface area contributed by atoms with E-state index in [0.29, 0.717) is 30.1 Å². The van der Waals surface area contributed by atoms with E-state index in [9.17, 15) is 9.90 Å². The zero-order valence-electron chi connectivity index (χ0n) is 15.5. The molecular weight excluding hydrogens is 326 g/mol. The van der Waals surface area contributed by atoms with Gasteiger partial charge in [0.25, 0.3) is 0 Å². The van der Waals surface area contributed by atoms with Crippen LogP contribution in [0.15, 0.2) is 30.3 Å². The Balaban J connectivity index is 1.47. The number of hydrogen-bond donors (Lipinski definition) is 1. The third-order valence-corrected chi connectivity index (χ3v) is 8.06. The molecule has 4 saturated carbocycles. The summed E-state index contributed by atoms with van der Waals surface area (Å²) in [5.74, 6) is 2.24. The fourth-order valence-electron chi connectivity index (χ4n) is 6.73. The number of likely N-dealkylation sites (tertiary alicyclic amines) is 1. The van der Waals surface area contributed by atoms with Crippen LogP contribution in [-0.4, -0.2) is 48.3 Å². The van der Waals surface area contributed by atoms with E-state index in [-0.39, 0.29) is 23.5 Å². The van der Waals surface area contributed by atoms with Crippen molar-refractivity contribution in [3.8, 4) is 0 Å². The molecule has 0 unspecified atom stereocenters. The number of hydrogen-bond acceptors (Lipinski definition) is 3. The number of carbonyl (C=O) groups excluding carboxylic acids is 1. The lowest BCUT2D eigenvalue weighted by Gasteiger charge is -2.63. The Morgan fingerprint density at radius 3 is 2.23 bits per heavy atom. The third-order valence-electron chi connectivity index (χ3n) is 8.06. The van der Waals surface area contributed by atoms with Gasteiger partial charge in [-0.15, -0.1) is 0 Å². The second kappa shape index (κ2) is 6.07. The molecule has 1 amide bonds. The quantitative estimate of drug-likeness (QED) is 0.903. The minimum Gasteiger partial charge on any atom is -0.393 e. The van der Waals surface area contributed by atoms with Gasteiger partial charge in [0.2, 0.25) is 5.91 Å². The number of amides is 1. The van der Waals surface area contributed by atoms with Gasteiger partial charge < -0.3 is 14.7 Å². The first-order chi connectivity index (χ1) is 12.6. The van der Waals surface area contributed by atoms with E-state index in [0.717, 1.165) is 38.8 Å². The minimum absolute atomic E-state index is 0.0381. The minimum atomic E-state index is -0.107. The second-order valence-electron chi connectivity index (χ2n) is 9.09. The number of rotatable bonds is 4. The van der Waals surface area contributed by atoms with Crippen molar-refractivity contribution in [1.29, 1.82) is 0 Å². The average molecular weight is 355 g/mol. The summed E-state index contributed by atoms with van der Waals surface area (Å²) in [6.45, 7) is 1.47. The first-order valence-corrected chi connectivity index (χ1v) is 10.2. The van der Waals surface area contributed by atoms with Crippen molar-refractivity contribution in [2.24, 2.45) is 23.7 Å². The first-order valence-electron chi connectivity index (χ1n) is 10.2. The van der Waals surface area contributed by atoms with Gasteiger partial charge >= 0.3 is 0 Å². The van der Waals surface area contributed by atoms with Gasteiger partial charge in [-0.3, -0.25) is 4.79 Å². The van der Waals surface area contributed by atoms with Gasteiger partial charge in [-0.05, 0) is 54.9 Å². The van der Waals surface area contributed by atoms with Crippen LogP contribution in [0.2, 0.25) is 0 Å². The molecule has 0 atom stereocenters. The summed E-state index contributed by atoms with van der Waals surface area (Å²) >= 11 is 0. The molecule has 26 heavy (non-hydrogen) atoms. The highest BCUT2D eigenvalue weighted by atomic mass is 16.5. The zero-order chi connectivity index (χ0) is 17.9. The predicted octanol–water partition coefficient (Wildman–Crippen LogP) is 2.60. The number of aliphatic hydroxyl groups is 1. The summed E-state index contributed by atoms with van der Waals surface area (Å²) in [7, 11) is 1.72. The highest BCUT2D eigenvalue weighted by Crippen LogP contribution is 2.64. The summed E-state index contributed by atoms with van der Waals surface area (Å²) in [5.41, 5.74) is 1.31. The SMILES string of the molecule is COC1CN(C(=O)CC2(c3ccccc3)C3CC4CC2CC(C3)C4O)C1. The molecule has 1 aliphatic heterocycles. The normalized spacial score (nSPS) is 41.3. The number of benzene rings is 1. The molecule has 140 valence electrons. The molecule has 0 spiro atoms. The van der Waals surface area contributed by atoms with Crippen LogP contribution in [0.25, 0.3) is 0 Å². The van der Waals surface area contributed by atoms with E-state index in [2.05, 4.69) is 30.3 Å². The molecule has 4 aliphatic carbocycles. The third kappa shape index (κ3) is 2.31. The van der Waals surface area contributed by atoms with Crippen LogP contribution in [-0.2, 0) is 14.9 Å². The average Bonchev–Trinajstić information content (AvgIpc) is 2.60. The van der Waals surface area contributed by atoms with Crippen LogP contribution < -0.4 is 0 Å². The molecule has 6 rings (SSSR count). The van der Waals surface area contributed by atoms with E-state index in [1.54, 1.807) is 7.11 Å². The van der Waals surface area contributed by atoms with Crippen LogP contribution in [0.5, 0.6) is 0 Å². The highest BCUT2D eigenvalue weighted by Gasteiger charge is 2.61. The van der Waals surface area contributed by atoms with Gasteiger partial charge in [-0.25, -0.2) is 0 Å². The van der Waals surface area contributed by atoms with Crippen molar-refractivity contribution in [3.05, 3.63) is 35.9 Å². The fraction of sp³-hybridized carbons (Fsp3) is 0.682. The van der Waals surface area contributed by atoms with Crippen molar-refractivity contribution < 1.29 is 14.6 Å². The van der Waals surface area contributed by atoms with Crippen molar-refractivity contribution in [1.82, 2.24) is 4.90 Å². The van der Waals surface area contributed by atoms with Crippen molar-refractivity contribution in [2.45, 2.75) is 49.7 Å². The van der Waals surface area contributed by atoms with Gasteiger partial charge in [0.05, 0.1) is 12.2 Å². The lowest BCUT2D eigenvalue weighted by molar-refractivity contribution is -0.159. The molecule has 1 aromatic rings. The zero-order valence-corrected chi connectivity index (χ0v) is 15.5. The van der Waals surface area contributed by atoms with E-state index in [4.69, 9.17) is 4.74 Å². The molecule has 1 aromatic carbocycles. The molecule has 5 fully saturated rings. The Labute approximate surface area is 155 Å². The molecule has 1 heterocycles. The van der Waals surface area contributed by atoms with Crippen LogP contribution in [0.3, 0.4) is 0 Å². The predicted molar refractivity (Wildman–Crippen MR) is 98.5 cm³/mol. The second-order valence-corrected chi connectivity index (χ2v) is 9.09. The maximum absolute atomic E-state index is 13.1. The van der Waals surface area contributed by atoms with Gasteiger partial charge in [-0.2, -0.15) is 0 Å². The smallest absolute Gasteiger partial charge is 0.223 e. The molecule has 4 nitrogen and oxygen atoms in total. The summed E-state index contributed by atoms with van der Waals surface area (Å²) in [6, 6.07) is 10.8. The van der Waals surface area contributed by atoms with Crippen molar-refractivity contribution in [2.75, 3.05) is 20.2 Å². The van der Waals surface area contributed by atoms with E-state index in [1.165, 1.54) is 5.56 Å². The molecule has 4 bridgehead atoms. The monoisotopic (exact) mass is 355 g/mol. The Morgan fingerprint density at radius 1 is 1.12 bits per heavy atom. The first kappa shape index (κ1) is 16.8. The number of methoxy groups -OCH3 is 1. The van der Waals surface area contributed by atoms with Crippen molar-refractivity contribution in [3.63, 3.8) is 0 Å². The Kier molecular flexibility index (Phi) is 3.91.